The van der Waals surface area contributed by atoms with Gasteiger partial charge < -0.3 is 9.72 Å². The van der Waals surface area contributed by atoms with Gasteiger partial charge in [-0.15, -0.1) is 0 Å². The molecule has 0 radical (unpaired) electrons. The van der Waals surface area contributed by atoms with Crippen molar-refractivity contribution >= 4 is 11.2 Å². The van der Waals surface area contributed by atoms with Gasteiger partial charge in [0.1, 0.15) is 12.8 Å². The minimum atomic E-state index is -0.249. The Morgan fingerprint density at radius 2 is 2.42 bits per heavy atom. The average Bonchev–Trinajstić information content (AvgIpc) is 3.02. The van der Waals surface area contributed by atoms with E-state index in [-0.39, 0.29) is 17.9 Å². The third kappa shape index (κ3) is 2.25. The molecule has 2 aromatic heterocycles. The first-order valence-electron chi connectivity index (χ1n) is 6.01. The maximum absolute atomic E-state index is 11.6. The molecule has 0 bridgehead atoms. The molecule has 1 N–H and O–H groups in total. The number of imidazole rings is 1. The molecule has 0 amide bonds. The molecule has 102 valence electrons. The summed E-state index contributed by atoms with van der Waals surface area (Å²) >= 11 is 0. The summed E-state index contributed by atoms with van der Waals surface area (Å²) in [5.41, 5.74) is 0.603. The standard InChI is InChI=1S/C11H14N4O4/c1-17-18-4-7-2-3-8(19-7)15-6-14-9-10(15)12-5-13-11(9)16/h5-8H,2-4H2,1H3,(H,12,13,16). The highest BCUT2D eigenvalue weighted by Crippen LogP contribution is 2.29. The van der Waals surface area contributed by atoms with E-state index in [2.05, 4.69) is 19.8 Å². The van der Waals surface area contributed by atoms with Crippen LogP contribution >= 0.6 is 0 Å². The minimum Gasteiger partial charge on any atom is -0.352 e. The zero-order valence-corrected chi connectivity index (χ0v) is 10.4. The van der Waals surface area contributed by atoms with E-state index < -0.39 is 0 Å². The van der Waals surface area contributed by atoms with Gasteiger partial charge in [0.05, 0.1) is 25.9 Å². The number of aromatic nitrogens is 4. The van der Waals surface area contributed by atoms with Gasteiger partial charge in [-0.1, -0.05) is 0 Å². The molecule has 1 fully saturated rings. The molecule has 0 saturated carbocycles. The number of nitrogens with one attached hydrogen (secondary N) is 1. The number of rotatable bonds is 4. The number of ether oxygens (including phenoxy) is 1. The first-order chi connectivity index (χ1) is 9.29. The van der Waals surface area contributed by atoms with E-state index in [0.29, 0.717) is 17.8 Å². The van der Waals surface area contributed by atoms with E-state index in [0.717, 1.165) is 12.8 Å². The fourth-order valence-corrected chi connectivity index (χ4v) is 2.23. The topological polar surface area (TPSA) is 91.3 Å². The van der Waals surface area contributed by atoms with Crippen LogP contribution in [-0.2, 0) is 14.5 Å². The molecule has 2 aromatic rings. The predicted molar refractivity (Wildman–Crippen MR) is 64.3 cm³/mol. The Morgan fingerprint density at radius 3 is 3.26 bits per heavy atom. The molecule has 19 heavy (non-hydrogen) atoms. The van der Waals surface area contributed by atoms with Crippen LogP contribution in [0.3, 0.4) is 0 Å². The summed E-state index contributed by atoms with van der Waals surface area (Å²) in [6, 6.07) is 0. The van der Waals surface area contributed by atoms with Crippen molar-refractivity contribution in [3.05, 3.63) is 23.0 Å². The van der Waals surface area contributed by atoms with Crippen LogP contribution in [0, 0.1) is 0 Å². The van der Waals surface area contributed by atoms with Crippen LogP contribution in [0.1, 0.15) is 19.1 Å². The van der Waals surface area contributed by atoms with Gasteiger partial charge in [0.2, 0.25) is 0 Å². The Bertz CT molecular complexity index is 622. The molecular formula is C11H14N4O4. The minimum absolute atomic E-state index is 0.0237. The van der Waals surface area contributed by atoms with Gasteiger partial charge in [-0.3, -0.25) is 9.36 Å². The Balaban J connectivity index is 1.82. The van der Waals surface area contributed by atoms with Gasteiger partial charge in [0.15, 0.2) is 11.2 Å². The van der Waals surface area contributed by atoms with Gasteiger partial charge >= 0.3 is 0 Å². The van der Waals surface area contributed by atoms with Crippen molar-refractivity contribution < 1.29 is 14.5 Å². The zero-order chi connectivity index (χ0) is 13.2. The highest BCUT2D eigenvalue weighted by molar-refractivity contribution is 5.68. The number of hydrogen-bond donors (Lipinski definition) is 1. The van der Waals surface area contributed by atoms with Crippen molar-refractivity contribution in [1.82, 2.24) is 19.5 Å². The summed E-state index contributed by atoms with van der Waals surface area (Å²) in [6.07, 6.45) is 4.42. The molecule has 1 aliphatic rings. The highest BCUT2D eigenvalue weighted by Gasteiger charge is 2.28. The first-order valence-corrected chi connectivity index (χ1v) is 6.01. The monoisotopic (exact) mass is 266 g/mol. The zero-order valence-electron chi connectivity index (χ0n) is 10.4. The SMILES string of the molecule is COOCC1CCC(n2cnc3c(=O)[nH]cnc32)O1. The number of aromatic amines is 1. The lowest BCUT2D eigenvalue weighted by Crippen LogP contribution is -2.16. The third-order valence-electron chi connectivity index (χ3n) is 3.13. The van der Waals surface area contributed by atoms with E-state index in [1.54, 1.807) is 10.9 Å². The van der Waals surface area contributed by atoms with Crippen molar-refractivity contribution in [2.45, 2.75) is 25.2 Å². The van der Waals surface area contributed by atoms with Crippen LogP contribution in [0.25, 0.3) is 11.2 Å². The summed E-state index contributed by atoms with van der Waals surface area (Å²) in [5.74, 6) is 0. The molecular weight excluding hydrogens is 252 g/mol. The second-order valence-electron chi connectivity index (χ2n) is 4.30. The second-order valence-corrected chi connectivity index (χ2v) is 4.30. The summed E-state index contributed by atoms with van der Waals surface area (Å²) in [6.45, 7) is 0.383. The Morgan fingerprint density at radius 1 is 1.53 bits per heavy atom. The molecule has 2 unspecified atom stereocenters. The lowest BCUT2D eigenvalue weighted by molar-refractivity contribution is -0.286. The lowest BCUT2D eigenvalue weighted by Gasteiger charge is -2.14. The quantitative estimate of drug-likeness (QED) is 0.635. The molecule has 8 nitrogen and oxygen atoms in total. The van der Waals surface area contributed by atoms with Crippen molar-refractivity contribution in [3.63, 3.8) is 0 Å². The summed E-state index contributed by atoms with van der Waals surface area (Å²) in [7, 11) is 1.46. The van der Waals surface area contributed by atoms with Crippen molar-refractivity contribution in [3.8, 4) is 0 Å². The van der Waals surface area contributed by atoms with Gasteiger partial charge in [0, 0.05) is 0 Å². The van der Waals surface area contributed by atoms with Crippen LogP contribution in [-0.4, -0.2) is 39.3 Å². The van der Waals surface area contributed by atoms with Crippen LogP contribution in [0.4, 0.5) is 0 Å². The second kappa shape index (κ2) is 5.08. The molecule has 8 heteroatoms. The normalized spacial score (nSPS) is 23.2. The van der Waals surface area contributed by atoms with Crippen LogP contribution in [0.5, 0.6) is 0 Å². The molecule has 3 rings (SSSR count). The van der Waals surface area contributed by atoms with Crippen LogP contribution in [0.2, 0.25) is 0 Å². The largest absolute Gasteiger partial charge is 0.352 e. The lowest BCUT2D eigenvalue weighted by atomic mass is 10.2. The summed E-state index contributed by atoms with van der Waals surface area (Å²) in [4.78, 5) is 31.7. The Hall–Kier alpha value is -1.77. The summed E-state index contributed by atoms with van der Waals surface area (Å²) < 4.78 is 7.60. The van der Waals surface area contributed by atoms with E-state index in [4.69, 9.17) is 9.62 Å². The predicted octanol–water partition coefficient (Wildman–Crippen LogP) is 0.375. The van der Waals surface area contributed by atoms with Crippen LogP contribution in [0.15, 0.2) is 17.4 Å². The van der Waals surface area contributed by atoms with Gasteiger partial charge in [-0.2, -0.15) is 0 Å². The highest BCUT2D eigenvalue weighted by atomic mass is 17.2. The van der Waals surface area contributed by atoms with Crippen LogP contribution < -0.4 is 5.56 Å². The van der Waals surface area contributed by atoms with Crippen molar-refractivity contribution in [1.29, 1.82) is 0 Å². The smallest absolute Gasteiger partial charge is 0.278 e. The molecule has 3 heterocycles. The number of H-pyrrole nitrogens is 1. The first kappa shape index (κ1) is 12.3. The molecule has 1 saturated heterocycles. The van der Waals surface area contributed by atoms with Gasteiger partial charge in [-0.05, 0) is 12.8 Å². The molecule has 0 aromatic carbocycles. The van der Waals surface area contributed by atoms with Crippen molar-refractivity contribution in [2.24, 2.45) is 0 Å². The van der Waals surface area contributed by atoms with E-state index in [1.165, 1.54) is 13.4 Å². The fraction of sp³-hybridized carbons (Fsp3) is 0.545. The molecule has 2 atom stereocenters. The van der Waals surface area contributed by atoms with Crippen molar-refractivity contribution in [2.75, 3.05) is 13.7 Å². The maximum atomic E-state index is 11.6. The van der Waals surface area contributed by atoms with E-state index in [1.807, 2.05) is 0 Å². The number of fused-ring (bicyclic) bond motifs is 1. The molecule has 0 spiro atoms. The molecule has 1 aliphatic heterocycles. The fourth-order valence-electron chi connectivity index (χ4n) is 2.23. The number of nitrogens with zero attached hydrogens (tertiary/aromatic N) is 3. The number of hydrogen-bond acceptors (Lipinski definition) is 6. The summed E-state index contributed by atoms with van der Waals surface area (Å²) in [5, 5.41) is 0. The Kier molecular flexibility index (Phi) is 3.28. The van der Waals surface area contributed by atoms with Gasteiger partial charge in [-0.25, -0.2) is 19.7 Å². The van der Waals surface area contributed by atoms with Gasteiger partial charge in [0.25, 0.3) is 5.56 Å². The molecule has 0 aliphatic carbocycles. The van der Waals surface area contributed by atoms with E-state index >= 15 is 0 Å². The maximum Gasteiger partial charge on any atom is 0.278 e. The Labute approximate surface area is 108 Å². The average molecular weight is 266 g/mol. The third-order valence-corrected chi connectivity index (χ3v) is 3.13. The van der Waals surface area contributed by atoms with E-state index in [9.17, 15) is 4.79 Å².